The second-order valence-electron chi connectivity index (χ2n) is 2.30. The van der Waals surface area contributed by atoms with Crippen molar-refractivity contribution in [3.63, 3.8) is 0 Å². The molecule has 0 fully saturated rings. The van der Waals surface area contributed by atoms with E-state index in [0.717, 1.165) is 12.3 Å². The Kier molecular flexibility index (Phi) is 2.80. The average Bonchev–Trinajstić information content (AvgIpc) is 1.93. The standard InChI is InChI=1S/C7H5F4NS/c1-4-2-5(8)6(3-12-4)13-7(9,10)11/h2-3H,1H3. The maximum atomic E-state index is 12.8. The van der Waals surface area contributed by atoms with Crippen LogP contribution in [0.3, 0.4) is 0 Å². The lowest BCUT2D eigenvalue weighted by Gasteiger charge is -2.05. The molecule has 1 rings (SSSR count). The van der Waals surface area contributed by atoms with Crippen LogP contribution in [0.5, 0.6) is 0 Å². The molecule has 0 atom stereocenters. The van der Waals surface area contributed by atoms with Crippen molar-refractivity contribution in [2.45, 2.75) is 17.3 Å². The third kappa shape index (κ3) is 3.22. The fraction of sp³-hybridized carbons (Fsp3) is 0.286. The fourth-order valence-electron chi connectivity index (χ4n) is 0.714. The van der Waals surface area contributed by atoms with Crippen LogP contribution < -0.4 is 0 Å². The maximum Gasteiger partial charge on any atom is 0.446 e. The van der Waals surface area contributed by atoms with Gasteiger partial charge in [0.15, 0.2) is 0 Å². The number of thioether (sulfide) groups is 1. The lowest BCUT2D eigenvalue weighted by Crippen LogP contribution is -2.01. The number of alkyl halides is 3. The van der Waals surface area contributed by atoms with Crippen LogP contribution in [-0.4, -0.2) is 10.5 Å². The summed E-state index contributed by atoms with van der Waals surface area (Å²) in [6, 6.07) is 0.966. The molecular formula is C7H5F4NS. The molecule has 0 radical (unpaired) electrons. The quantitative estimate of drug-likeness (QED) is 0.522. The predicted octanol–water partition coefficient (Wildman–Crippen LogP) is 3.14. The number of aromatic nitrogens is 1. The van der Waals surface area contributed by atoms with Crippen molar-refractivity contribution >= 4 is 11.8 Å². The van der Waals surface area contributed by atoms with Crippen LogP contribution in [0.1, 0.15) is 5.69 Å². The summed E-state index contributed by atoms with van der Waals surface area (Å²) >= 11 is -0.501. The molecule has 6 heteroatoms. The zero-order valence-electron chi connectivity index (χ0n) is 6.52. The van der Waals surface area contributed by atoms with Gasteiger partial charge in [-0.3, -0.25) is 4.98 Å². The normalized spacial score (nSPS) is 11.8. The van der Waals surface area contributed by atoms with Gasteiger partial charge in [0.1, 0.15) is 5.82 Å². The number of pyridine rings is 1. The molecule has 0 saturated heterocycles. The largest absolute Gasteiger partial charge is 0.446 e. The van der Waals surface area contributed by atoms with Crippen molar-refractivity contribution in [2.75, 3.05) is 0 Å². The van der Waals surface area contributed by atoms with E-state index in [9.17, 15) is 17.6 Å². The third-order valence-corrected chi connectivity index (χ3v) is 1.93. The summed E-state index contributed by atoms with van der Waals surface area (Å²) in [4.78, 5) is 3.06. The monoisotopic (exact) mass is 211 g/mol. The van der Waals surface area contributed by atoms with Crippen molar-refractivity contribution < 1.29 is 17.6 Å². The van der Waals surface area contributed by atoms with Crippen LogP contribution in [-0.2, 0) is 0 Å². The highest BCUT2D eigenvalue weighted by molar-refractivity contribution is 8.00. The van der Waals surface area contributed by atoms with Crippen LogP contribution in [0.2, 0.25) is 0 Å². The van der Waals surface area contributed by atoms with Gasteiger partial charge in [0.25, 0.3) is 0 Å². The van der Waals surface area contributed by atoms with E-state index < -0.39 is 28.0 Å². The summed E-state index contributed by atoms with van der Waals surface area (Å²) in [5.74, 6) is -0.894. The van der Waals surface area contributed by atoms with Gasteiger partial charge in [-0.05, 0) is 24.8 Å². The summed E-state index contributed by atoms with van der Waals surface area (Å²) in [6.07, 6.45) is 0.878. The fourth-order valence-corrected chi connectivity index (χ4v) is 1.22. The predicted molar refractivity (Wildman–Crippen MR) is 40.8 cm³/mol. The first-order valence-electron chi connectivity index (χ1n) is 3.26. The first kappa shape index (κ1) is 10.3. The van der Waals surface area contributed by atoms with E-state index in [4.69, 9.17) is 0 Å². The summed E-state index contributed by atoms with van der Waals surface area (Å²) in [7, 11) is 0. The van der Waals surface area contributed by atoms with Crippen LogP contribution in [0, 0.1) is 12.7 Å². The molecule has 0 amide bonds. The highest BCUT2D eigenvalue weighted by Gasteiger charge is 2.30. The number of halogens is 4. The first-order valence-corrected chi connectivity index (χ1v) is 4.08. The molecule has 1 aromatic heterocycles. The van der Waals surface area contributed by atoms with Crippen molar-refractivity contribution in [3.8, 4) is 0 Å². The Morgan fingerprint density at radius 2 is 2.00 bits per heavy atom. The van der Waals surface area contributed by atoms with Crippen LogP contribution >= 0.6 is 11.8 Å². The molecule has 0 spiro atoms. The molecule has 0 bridgehead atoms. The van der Waals surface area contributed by atoms with Gasteiger partial charge in [0.05, 0.1) is 4.90 Å². The number of rotatable bonds is 1. The van der Waals surface area contributed by atoms with E-state index in [0.29, 0.717) is 5.69 Å². The number of hydrogen-bond donors (Lipinski definition) is 0. The van der Waals surface area contributed by atoms with Gasteiger partial charge < -0.3 is 0 Å². The van der Waals surface area contributed by atoms with Gasteiger partial charge in [-0.25, -0.2) is 4.39 Å². The van der Waals surface area contributed by atoms with E-state index in [1.165, 1.54) is 6.92 Å². The zero-order chi connectivity index (χ0) is 10.1. The van der Waals surface area contributed by atoms with E-state index >= 15 is 0 Å². The molecular weight excluding hydrogens is 206 g/mol. The molecule has 1 nitrogen and oxygen atoms in total. The second kappa shape index (κ2) is 3.53. The molecule has 1 aromatic rings. The molecule has 0 aliphatic rings. The summed E-state index contributed by atoms with van der Waals surface area (Å²) in [6.45, 7) is 1.51. The van der Waals surface area contributed by atoms with Crippen molar-refractivity contribution in [3.05, 3.63) is 23.8 Å². The van der Waals surface area contributed by atoms with E-state index in [1.807, 2.05) is 0 Å². The molecule has 1 heterocycles. The highest BCUT2D eigenvalue weighted by atomic mass is 32.2. The summed E-state index contributed by atoms with van der Waals surface area (Å²) < 4.78 is 48.2. The van der Waals surface area contributed by atoms with Gasteiger partial charge in [-0.2, -0.15) is 13.2 Å². The van der Waals surface area contributed by atoms with Gasteiger partial charge in [0.2, 0.25) is 0 Å². The molecule has 0 saturated carbocycles. The number of aryl methyl sites for hydroxylation is 1. The molecule has 0 N–H and O–H groups in total. The molecule has 13 heavy (non-hydrogen) atoms. The van der Waals surface area contributed by atoms with E-state index in [1.54, 1.807) is 0 Å². The van der Waals surface area contributed by atoms with Crippen LogP contribution in [0.4, 0.5) is 17.6 Å². The van der Waals surface area contributed by atoms with Crippen LogP contribution in [0.15, 0.2) is 17.2 Å². The van der Waals surface area contributed by atoms with E-state index in [-0.39, 0.29) is 0 Å². The summed E-state index contributed by atoms with van der Waals surface area (Å²) in [5, 5.41) is 0. The maximum absolute atomic E-state index is 12.8. The average molecular weight is 211 g/mol. The van der Waals surface area contributed by atoms with Crippen molar-refractivity contribution in [2.24, 2.45) is 0 Å². The summed E-state index contributed by atoms with van der Waals surface area (Å²) in [5.41, 5.74) is -4.12. The highest BCUT2D eigenvalue weighted by Crippen LogP contribution is 2.37. The second-order valence-corrected chi connectivity index (χ2v) is 3.41. The van der Waals surface area contributed by atoms with E-state index in [2.05, 4.69) is 4.98 Å². The van der Waals surface area contributed by atoms with Gasteiger partial charge in [0, 0.05) is 11.9 Å². The van der Waals surface area contributed by atoms with Gasteiger partial charge in [-0.1, -0.05) is 0 Å². The Balaban J connectivity index is 2.90. The Morgan fingerprint density at radius 3 is 2.46 bits per heavy atom. The smallest absolute Gasteiger partial charge is 0.260 e. The minimum absolute atomic E-state index is 0.351. The Morgan fingerprint density at radius 1 is 1.38 bits per heavy atom. The molecule has 72 valence electrons. The minimum Gasteiger partial charge on any atom is -0.260 e. The van der Waals surface area contributed by atoms with Crippen molar-refractivity contribution in [1.29, 1.82) is 0 Å². The van der Waals surface area contributed by atoms with Crippen LogP contribution in [0.25, 0.3) is 0 Å². The minimum atomic E-state index is -4.47. The Bertz CT molecular complexity index is 310. The number of nitrogens with zero attached hydrogens (tertiary/aromatic N) is 1. The molecule has 0 unspecified atom stereocenters. The lowest BCUT2D eigenvalue weighted by molar-refractivity contribution is -0.0329. The molecule has 0 aliphatic heterocycles. The lowest BCUT2D eigenvalue weighted by atomic mass is 10.4. The SMILES string of the molecule is Cc1cc(F)c(SC(F)(F)F)cn1. The molecule has 0 aromatic carbocycles. The van der Waals surface area contributed by atoms with Gasteiger partial charge >= 0.3 is 5.51 Å². The first-order chi connectivity index (χ1) is 5.88. The van der Waals surface area contributed by atoms with Crippen molar-refractivity contribution in [1.82, 2.24) is 4.98 Å². The molecule has 0 aliphatic carbocycles. The topological polar surface area (TPSA) is 12.9 Å². The number of hydrogen-bond acceptors (Lipinski definition) is 2. The third-order valence-electron chi connectivity index (χ3n) is 1.18. The zero-order valence-corrected chi connectivity index (χ0v) is 7.34. The van der Waals surface area contributed by atoms with Gasteiger partial charge in [-0.15, -0.1) is 0 Å². The Labute approximate surface area is 76.2 Å². The Hall–Kier alpha value is -0.780.